The fourth-order valence-corrected chi connectivity index (χ4v) is 3.29. The molecule has 4 heteroatoms. The van der Waals surface area contributed by atoms with Crippen LogP contribution in [0.2, 0.25) is 0 Å². The predicted molar refractivity (Wildman–Crippen MR) is 90.2 cm³/mol. The minimum absolute atomic E-state index is 0.291. The van der Waals surface area contributed by atoms with Crippen molar-refractivity contribution < 1.29 is 9.84 Å². The Hall–Kier alpha value is -1.91. The molecule has 4 nitrogen and oxygen atoms in total. The molecule has 0 saturated carbocycles. The molecule has 1 aliphatic rings. The number of methoxy groups -OCH3 is 1. The zero-order valence-corrected chi connectivity index (χ0v) is 13.6. The molecule has 1 fully saturated rings. The van der Waals surface area contributed by atoms with Crippen LogP contribution in [-0.2, 0) is 6.54 Å². The highest BCUT2D eigenvalue weighted by molar-refractivity contribution is 5.33. The zero-order chi connectivity index (χ0) is 16.1. The molecule has 122 valence electrons. The number of likely N-dealkylation sites (tertiary alicyclic amines) is 1. The van der Waals surface area contributed by atoms with E-state index in [0.29, 0.717) is 5.92 Å². The summed E-state index contributed by atoms with van der Waals surface area (Å²) in [5.41, 5.74) is 2.01. The summed E-state index contributed by atoms with van der Waals surface area (Å²) in [6.45, 7) is 2.88. The Balaban J connectivity index is 1.56. The highest BCUT2D eigenvalue weighted by Crippen LogP contribution is 2.30. The van der Waals surface area contributed by atoms with Crippen LogP contribution in [-0.4, -0.2) is 35.2 Å². The molecule has 1 saturated heterocycles. The Labute approximate surface area is 137 Å². The van der Waals surface area contributed by atoms with E-state index in [1.807, 2.05) is 30.3 Å². The van der Waals surface area contributed by atoms with Crippen LogP contribution in [0.5, 0.6) is 5.75 Å². The SMILES string of the molecule is COc1ccccc1CN1CCC([C@H](O)c2ccccn2)CC1. The summed E-state index contributed by atoms with van der Waals surface area (Å²) in [5.74, 6) is 1.24. The van der Waals surface area contributed by atoms with E-state index < -0.39 is 6.10 Å². The van der Waals surface area contributed by atoms with Crippen molar-refractivity contribution in [3.63, 3.8) is 0 Å². The summed E-state index contributed by atoms with van der Waals surface area (Å²) in [6.07, 6.45) is 3.28. The van der Waals surface area contributed by atoms with Crippen molar-refractivity contribution >= 4 is 0 Å². The number of hydrogen-bond acceptors (Lipinski definition) is 4. The summed E-state index contributed by atoms with van der Waals surface area (Å²) in [6, 6.07) is 13.9. The van der Waals surface area contributed by atoms with Crippen molar-refractivity contribution in [3.05, 3.63) is 59.9 Å². The van der Waals surface area contributed by atoms with Gasteiger partial charge in [-0.1, -0.05) is 24.3 Å². The van der Waals surface area contributed by atoms with Crippen LogP contribution in [0.15, 0.2) is 48.7 Å². The van der Waals surface area contributed by atoms with Crippen molar-refractivity contribution in [2.45, 2.75) is 25.5 Å². The van der Waals surface area contributed by atoms with E-state index in [4.69, 9.17) is 4.74 Å². The Morgan fingerprint density at radius 1 is 1.17 bits per heavy atom. The second-order valence-corrected chi connectivity index (χ2v) is 6.12. The third-order valence-corrected chi connectivity index (χ3v) is 4.66. The predicted octanol–water partition coefficient (Wildman–Crippen LogP) is 3.04. The number of pyridine rings is 1. The molecule has 0 radical (unpaired) electrons. The van der Waals surface area contributed by atoms with E-state index in [-0.39, 0.29) is 0 Å². The lowest BCUT2D eigenvalue weighted by Gasteiger charge is -2.34. The Kier molecular flexibility index (Phi) is 5.26. The van der Waals surface area contributed by atoms with Gasteiger partial charge in [0.15, 0.2) is 0 Å². The number of aliphatic hydroxyl groups excluding tert-OH is 1. The van der Waals surface area contributed by atoms with Crippen molar-refractivity contribution in [1.29, 1.82) is 0 Å². The van der Waals surface area contributed by atoms with Gasteiger partial charge in [-0.25, -0.2) is 0 Å². The quantitative estimate of drug-likeness (QED) is 0.922. The lowest BCUT2D eigenvalue weighted by Crippen LogP contribution is -2.35. The van der Waals surface area contributed by atoms with E-state index >= 15 is 0 Å². The highest BCUT2D eigenvalue weighted by Gasteiger charge is 2.27. The largest absolute Gasteiger partial charge is 0.496 e. The van der Waals surface area contributed by atoms with E-state index in [2.05, 4.69) is 22.0 Å². The van der Waals surface area contributed by atoms with E-state index in [9.17, 15) is 5.11 Å². The summed E-state index contributed by atoms with van der Waals surface area (Å²) < 4.78 is 5.43. The van der Waals surface area contributed by atoms with Gasteiger partial charge in [0.05, 0.1) is 18.9 Å². The Morgan fingerprint density at radius 2 is 1.91 bits per heavy atom. The van der Waals surface area contributed by atoms with Gasteiger partial charge >= 0.3 is 0 Å². The van der Waals surface area contributed by atoms with Crippen LogP contribution in [0, 0.1) is 5.92 Å². The van der Waals surface area contributed by atoms with Gasteiger partial charge in [-0.3, -0.25) is 9.88 Å². The molecule has 0 unspecified atom stereocenters. The second kappa shape index (κ2) is 7.57. The van der Waals surface area contributed by atoms with Gasteiger partial charge in [-0.15, -0.1) is 0 Å². The normalized spacial score (nSPS) is 17.8. The van der Waals surface area contributed by atoms with Crippen LogP contribution in [0.25, 0.3) is 0 Å². The number of para-hydroxylation sites is 1. The Bertz CT molecular complexity index is 610. The monoisotopic (exact) mass is 312 g/mol. The molecule has 0 aliphatic carbocycles. The molecule has 1 aromatic carbocycles. The first-order chi connectivity index (χ1) is 11.3. The average Bonchev–Trinajstić information content (AvgIpc) is 2.63. The van der Waals surface area contributed by atoms with E-state index in [1.54, 1.807) is 13.3 Å². The number of hydrogen-bond donors (Lipinski definition) is 1. The van der Waals surface area contributed by atoms with E-state index in [1.165, 1.54) is 5.56 Å². The van der Waals surface area contributed by atoms with Gasteiger partial charge in [0, 0.05) is 18.3 Å². The number of benzene rings is 1. The average molecular weight is 312 g/mol. The van der Waals surface area contributed by atoms with Crippen molar-refractivity contribution in [1.82, 2.24) is 9.88 Å². The number of nitrogens with zero attached hydrogens (tertiary/aromatic N) is 2. The molecule has 0 amide bonds. The smallest absolute Gasteiger partial charge is 0.123 e. The fraction of sp³-hybridized carbons (Fsp3) is 0.421. The second-order valence-electron chi connectivity index (χ2n) is 6.12. The van der Waals surface area contributed by atoms with Gasteiger partial charge in [-0.05, 0) is 50.0 Å². The molecular weight excluding hydrogens is 288 g/mol. The Morgan fingerprint density at radius 3 is 2.61 bits per heavy atom. The summed E-state index contributed by atoms with van der Waals surface area (Å²) in [5, 5.41) is 10.5. The van der Waals surface area contributed by atoms with Crippen molar-refractivity contribution in [2.24, 2.45) is 5.92 Å². The topological polar surface area (TPSA) is 45.6 Å². The molecular formula is C19H24N2O2. The number of piperidine rings is 1. The maximum atomic E-state index is 10.5. The molecule has 0 spiro atoms. The number of aliphatic hydroxyl groups is 1. The van der Waals surface area contributed by atoms with Crippen molar-refractivity contribution in [3.8, 4) is 5.75 Å². The number of aromatic nitrogens is 1. The van der Waals surface area contributed by atoms with Gasteiger partial charge in [-0.2, -0.15) is 0 Å². The van der Waals surface area contributed by atoms with Crippen LogP contribution in [0.4, 0.5) is 0 Å². The maximum Gasteiger partial charge on any atom is 0.123 e. The maximum absolute atomic E-state index is 10.5. The molecule has 1 N–H and O–H groups in total. The fourth-order valence-electron chi connectivity index (χ4n) is 3.29. The van der Waals surface area contributed by atoms with Crippen molar-refractivity contribution in [2.75, 3.05) is 20.2 Å². The number of rotatable bonds is 5. The van der Waals surface area contributed by atoms with Crippen LogP contribution < -0.4 is 4.74 Å². The molecule has 0 bridgehead atoms. The summed E-state index contributed by atoms with van der Waals surface area (Å²) >= 11 is 0. The first kappa shape index (κ1) is 16.0. The van der Waals surface area contributed by atoms with Crippen LogP contribution >= 0.6 is 0 Å². The first-order valence-electron chi connectivity index (χ1n) is 8.21. The number of ether oxygens (including phenoxy) is 1. The van der Waals surface area contributed by atoms with E-state index in [0.717, 1.165) is 43.9 Å². The molecule has 23 heavy (non-hydrogen) atoms. The zero-order valence-electron chi connectivity index (χ0n) is 13.6. The first-order valence-corrected chi connectivity index (χ1v) is 8.21. The van der Waals surface area contributed by atoms with Crippen LogP contribution in [0.3, 0.4) is 0 Å². The summed E-state index contributed by atoms with van der Waals surface area (Å²) in [4.78, 5) is 6.71. The van der Waals surface area contributed by atoms with Gasteiger partial charge in [0.2, 0.25) is 0 Å². The molecule has 1 aromatic heterocycles. The van der Waals surface area contributed by atoms with Crippen LogP contribution in [0.1, 0.15) is 30.2 Å². The lowest BCUT2D eigenvalue weighted by atomic mass is 9.89. The van der Waals surface area contributed by atoms with Gasteiger partial charge in [0.25, 0.3) is 0 Å². The minimum atomic E-state index is -0.454. The lowest BCUT2D eigenvalue weighted by molar-refractivity contribution is 0.0538. The minimum Gasteiger partial charge on any atom is -0.496 e. The molecule has 1 atom stereocenters. The van der Waals surface area contributed by atoms with Gasteiger partial charge < -0.3 is 9.84 Å². The highest BCUT2D eigenvalue weighted by atomic mass is 16.5. The third-order valence-electron chi connectivity index (χ3n) is 4.66. The molecule has 2 aromatic rings. The third kappa shape index (κ3) is 3.89. The summed E-state index contributed by atoms with van der Waals surface area (Å²) in [7, 11) is 1.72. The molecule has 1 aliphatic heterocycles. The standard InChI is InChI=1S/C19H24N2O2/c1-23-18-8-3-2-6-16(18)14-21-12-9-15(10-13-21)19(22)17-7-4-5-11-20-17/h2-8,11,15,19,22H,9-10,12-14H2,1H3/t19-/m0/s1. The molecule has 3 rings (SSSR count). The molecule has 2 heterocycles. The van der Waals surface area contributed by atoms with Gasteiger partial charge in [0.1, 0.15) is 5.75 Å².